The Morgan fingerprint density at radius 2 is 2.00 bits per heavy atom. The molecule has 0 saturated carbocycles. The molecule has 132 valence electrons. The standard InChI is InChI=1S/C19H23N3O3/c1-4-25-11-7-10-20-18(23)14-12-21(2)19(24)17-16(14)13-8-5-6-9-15(13)22(17)3/h5-6,8-9,12H,4,7,10-11H2,1-3H3,(H,20,23). The highest BCUT2D eigenvalue weighted by Gasteiger charge is 2.19. The van der Waals surface area contributed by atoms with Crippen LogP contribution in [0.2, 0.25) is 0 Å². The first-order valence-electron chi connectivity index (χ1n) is 8.49. The van der Waals surface area contributed by atoms with Crippen LogP contribution >= 0.6 is 0 Å². The SMILES string of the molecule is CCOCCCNC(=O)c1cn(C)c(=O)c2c1c1ccccc1n2C. The molecular formula is C19H23N3O3. The summed E-state index contributed by atoms with van der Waals surface area (Å²) in [5, 5.41) is 4.55. The average Bonchev–Trinajstić information content (AvgIpc) is 2.91. The van der Waals surface area contributed by atoms with E-state index in [-0.39, 0.29) is 11.5 Å². The average molecular weight is 341 g/mol. The van der Waals surface area contributed by atoms with E-state index in [1.807, 2.05) is 42.8 Å². The Bertz CT molecular complexity index is 985. The molecule has 1 aromatic carbocycles. The minimum Gasteiger partial charge on any atom is -0.382 e. The van der Waals surface area contributed by atoms with Gasteiger partial charge in [0, 0.05) is 56.3 Å². The summed E-state index contributed by atoms with van der Waals surface area (Å²) < 4.78 is 8.62. The third-order valence-electron chi connectivity index (χ3n) is 4.42. The molecule has 25 heavy (non-hydrogen) atoms. The van der Waals surface area contributed by atoms with Crippen LogP contribution in [0.3, 0.4) is 0 Å². The maximum absolute atomic E-state index is 12.7. The van der Waals surface area contributed by atoms with Crippen LogP contribution in [-0.2, 0) is 18.8 Å². The van der Waals surface area contributed by atoms with Crippen molar-refractivity contribution in [2.45, 2.75) is 13.3 Å². The van der Waals surface area contributed by atoms with E-state index in [0.717, 1.165) is 17.3 Å². The smallest absolute Gasteiger partial charge is 0.274 e. The minimum absolute atomic E-state index is 0.110. The number of nitrogens with one attached hydrogen (secondary N) is 1. The highest BCUT2D eigenvalue weighted by Crippen LogP contribution is 2.28. The van der Waals surface area contributed by atoms with Crippen LogP contribution in [0.1, 0.15) is 23.7 Å². The van der Waals surface area contributed by atoms with Gasteiger partial charge >= 0.3 is 0 Å². The molecule has 1 amide bonds. The summed E-state index contributed by atoms with van der Waals surface area (Å²) in [6.45, 7) is 3.77. The van der Waals surface area contributed by atoms with Crippen LogP contribution in [0.4, 0.5) is 0 Å². The molecular weight excluding hydrogens is 318 g/mol. The number of pyridine rings is 1. The van der Waals surface area contributed by atoms with Gasteiger partial charge in [0.15, 0.2) is 0 Å². The summed E-state index contributed by atoms with van der Waals surface area (Å²) in [6, 6.07) is 7.75. The van der Waals surface area contributed by atoms with E-state index in [1.54, 1.807) is 13.2 Å². The number of hydrogen-bond donors (Lipinski definition) is 1. The molecule has 3 aromatic rings. The van der Waals surface area contributed by atoms with Crippen molar-refractivity contribution in [2.24, 2.45) is 14.1 Å². The van der Waals surface area contributed by atoms with Gasteiger partial charge in [0.1, 0.15) is 5.52 Å². The zero-order valence-corrected chi connectivity index (χ0v) is 14.8. The van der Waals surface area contributed by atoms with Crippen LogP contribution in [0.5, 0.6) is 0 Å². The number of aromatic nitrogens is 2. The molecule has 2 aromatic heterocycles. The first-order valence-corrected chi connectivity index (χ1v) is 8.49. The van der Waals surface area contributed by atoms with E-state index in [2.05, 4.69) is 5.32 Å². The number of carbonyl (C=O) groups excluding carboxylic acids is 1. The summed E-state index contributed by atoms with van der Waals surface area (Å²) >= 11 is 0. The third kappa shape index (κ3) is 3.05. The van der Waals surface area contributed by atoms with Gasteiger partial charge in [-0.3, -0.25) is 9.59 Å². The molecule has 6 heteroatoms. The van der Waals surface area contributed by atoms with Gasteiger partial charge < -0.3 is 19.2 Å². The van der Waals surface area contributed by atoms with E-state index >= 15 is 0 Å². The lowest BCUT2D eigenvalue weighted by Gasteiger charge is -2.09. The summed E-state index contributed by atoms with van der Waals surface area (Å²) in [5.74, 6) is -0.173. The van der Waals surface area contributed by atoms with Gasteiger partial charge in [-0.15, -0.1) is 0 Å². The Hall–Kier alpha value is -2.60. The fourth-order valence-electron chi connectivity index (χ4n) is 3.19. The monoisotopic (exact) mass is 341 g/mol. The molecule has 0 fully saturated rings. The highest BCUT2D eigenvalue weighted by molar-refractivity contribution is 6.17. The fourth-order valence-corrected chi connectivity index (χ4v) is 3.19. The van der Waals surface area contributed by atoms with Crippen molar-refractivity contribution in [2.75, 3.05) is 19.8 Å². The zero-order chi connectivity index (χ0) is 18.0. The molecule has 0 bridgehead atoms. The van der Waals surface area contributed by atoms with Crippen molar-refractivity contribution in [3.05, 3.63) is 46.4 Å². The Labute approximate surface area is 146 Å². The Balaban J connectivity index is 2.06. The topological polar surface area (TPSA) is 65.3 Å². The molecule has 0 atom stereocenters. The zero-order valence-electron chi connectivity index (χ0n) is 14.8. The van der Waals surface area contributed by atoms with Gasteiger partial charge in [-0.25, -0.2) is 0 Å². The molecule has 2 heterocycles. The summed E-state index contributed by atoms with van der Waals surface area (Å²) in [4.78, 5) is 25.4. The fraction of sp³-hybridized carbons (Fsp3) is 0.368. The second kappa shape index (κ2) is 7.11. The first-order chi connectivity index (χ1) is 12.1. The van der Waals surface area contributed by atoms with Crippen LogP contribution in [0.15, 0.2) is 35.3 Å². The number of nitrogens with zero attached hydrogens (tertiary/aromatic N) is 2. The number of carbonyl (C=O) groups is 1. The normalized spacial score (nSPS) is 11.3. The molecule has 0 saturated heterocycles. The number of rotatable bonds is 6. The lowest BCUT2D eigenvalue weighted by Crippen LogP contribution is -2.28. The highest BCUT2D eigenvalue weighted by atomic mass is 16.5. The van der Waals surface area contributed by atoms with Gasteiger partial charge in [-0.2, -0.15) is 0 Å². The van der Waals surface area contributed by atoms with Crippen molar-refractivity contribution in [1.82, 2.24) is 14.5 Å². The van der Waals surface area contributed by atoms with Gasteiger partial charge in [0.2, 0.25) is 0 Å². The summed E-state index contributed by atoms with van der Waals surface area (Å²) in [7, 11) is 3.53. The Kier molecular flexibility index (Phi) is 4.90. The molecule has 1 N–H and O–H groups in total. The maximum atomic E-state index is 12.7. The number of benzene rings is 1. The van der Waals surface area contributed by atoms with Gasteiger partial charge in [0.25, 0.3) is 11.5 Å². The number of hydrogen-bond acceptors (Lipinski definition) is 3. The number of fused-ring (bicyclic) bond motifs is 3. The molecule has 0 radical (unpaired) electrons. The van der Waals surface area contributed by atoms with Crippen LogP contribution in [0, 0.1) is 0 Å². The van der Waals surface area contributed by atoms with E-state index < -0.39 is 0 Å². The largest absolute Gasteiger partial charge is 0.382 e. The summed E-state index contributed by atoms with van der Waals surface area (Å²) in [5.41, 5.74) is 1.89. The number of ether oxygens (including phenoxy) is 1. The second-order valence-corrected chi connectivity index (χ2v) is 6.06. The predicted molar refractivity (Wildman–Crippen MR) is 99.1 cm³/mol. The van der Waals surface area contributed by atoms with Crippen molar-refractivity contribution < 1.29 is 9.53 Å². The van der Waals surface area contributed by atoms with Crippen molar-refractivity contribution in [3.63, 3.8) is 0 Å². The van der Waals surface area contributed by atoms with Crippen LogP contribution < -0.4 is 10.9 Å². The second-order valence-electron chi connectivity index (χ2n) is 6.06. The van der Waals surface area contributed by atoms with Gasteiger partial charge in [-0.05, 0) is 19.4 Å². The molecule has 0 spiro atoms. The Morgan fingerprint density at radius 1 is 1.24 bits per heavy atom. The van der Waals surface area contributed by atoms with Gasteiger partial charge in [0.05, 0.1) is 5.56 Å². The van der Waals surface area contributed by atoms with Crippen molar-refractivity contribution >= 4 is 27.7 Å². The van der Waals surface area contributed by atoms with Gasteiger partial charge in [-0.1, -0.05) is 18.2 Å². The van der Waals surface area contributed by atoms with E-state index in [4.69, 9.17) is 4.74 Å². The molecule has 0 aliphatic heterocycles. The van der Waals surface area contributed by atoms with E-state index in [1.165, 1.54) is 4.57 Å². The van der Waals surface area contributed by atoms with Crippen LogP contribution in [-0.4, -0.2) is 34.8 Å². The minimum atomic E-state index is -0.173. The first kappa shape index (κ1) is 17.2. The Morgan fingerprint density at radius 3 is 2.76 bits per heavy atom. The molecule has 6 nitrogen and oxygen atoms in total. The van der Waals surface area contributed by atoms with Crippen molar-refractivity contribution in [1.29, 1.82) is 0 Å². The molecule has 0 aliphatic rings. The quantitative estimate of drug-likeness (QED) is 0.699. The molecule has 3 rings (SSSR count). The van der Waals surface area contributed by atoms with Crippen molar-refractivity contribution in [3.8, 4) is 0 Å². The predicted octanol–water partition coefficient (Wildman–Crippen LogP) is 2.19. The lowest BCUT2D eigenvalue weighted by molar-refractivity contribution is 0.0945. The van der Waals surface area contributed by atoms with Crippen LogP contribution in [0.25, 0.3) is 21.8 Å². The molecule has 0 aliphatic carbocycles. The lowest BCUT2D eigenvalue weighted by atomic mass is 10.1. The van der Waals surface area contributed by atoms with E-state index in [9.17, 15) is 9.59 Å². The maximum Gasteiger partial charge on any atom is 0.274 e. The van der Waals surface area contributed by atoms with E-state index in [0.29, 0.717) is 36.2 Å². The summed E-state index contributed by atoms with van der Waals surface area (Å²) in [6.07, 6.45) is 2.37. The number of aryl methyl sites for hydroxylation is 2. The number of amides is 1. The molecule has 0 unspecified atom stereocenters. The third-order valence-corrected chi connectivity index (χ3v) is 4.42. The number of para-hydroxylation sites is 1.